The number of aromatic carboxylic acids is 3. The fraction of sp³-hybridized carbons (Fsp3) is 0. The molecule has 156 valence electrons. The van der Waals surface area contributed by atoms with Crippen LogP contribution in [0.1, 0.15) is 41.4 Å². The van der Waals surface area contributed by atoms with Crippen molar-refractivity contribution in [2.75, 3.05) is 0 Å². The van der Waals surface area contributed by atoms with Crippen LogP contribution in [0.3, 0.4) is 0 Å². The van der Waals surface area contributed by atoms with E-state index in [0.29, 0.717) is 11.5 Å². The molecule has 0 bridgehead atoms. The van der Waals surface area contributed by atoms with E-state index in [1.54, 1.807) is 0 Å². The molecule has 0 unspecified atom stereocenters. The van der Waals surface area contributed by atoms with Crippen LogP contribution in [0.4, 0.5) is 0 Å². The number of rotatable bonds is 7. The van der Waals surface area contributed by atoms with Crippen molar-refractivity contribution < 1.29 is 44.0 Å². The topological polar surface area (TPSA) is 147 Å². The highest BCUT2D eigenvalue weighted by molar-refractivity contribution is 5.96. The summed E-state index contributed by atoms with van der Waals surface area (Å²) in [6, 6.07) is 14.6. The van der Waals surface area contributed by atoms with Gasteiger partial charge < -0.3 is 24.8 Å². The van der Waals surface area contributed by atoms with Gasteiger partial charge in [-0.05, 0) is 66.7 Å². The Hall–Kier alpha value is -4.66. The molecule has 0 saturated heterocycles. The average Bonchev–Trinajstić information content (AvgIpc) is 2.74. The minimum absolute atomic E-state index is 0.114. The van der Waals surface area contributed by atoms with Crippen molar-refractivity contribution in [1.29, 1.82) is 0 Å². The van der Waals surface area contributed by atoms with Gasteiger partial charge in [0.1, 0.15) is 17.2 Å². The van der Waals surface area contributed by atoms with E-state index in [1.807, 2.05) is 0 Å². The van der Waals surface area contributed by atoms with Crippen LogP contribution in [0, 0.1) is 0 Å². The van der Waals surface area contributed by atoms with Crippen LogP contribution in [0.25, 0.3) is 0 Å². The van der Waals surface area contributed by atoms with E-state index >= 15 is 0 Å². The lowest BCUT2D eigenvalue weighted by Gasteiger charge is -2.09. The lowest BCUT2D eigenvalue weighted by molar-refractivity contribution is 0.0677. The van der Waals surface area contributed by atoms with E-state index in [1.165, 1.54) is 48.5 Å². The third kappa shape index (κ3) is 5.24. The molecule has 0 aliphatic carbocycles. The van der Waals surface area contributed by atoms with Gasteiger partial charge in [0.25, 0.3) is 0 Å². The summed E-state index contributed by atoms with van der Waals surface area (Å²) in [4.78, 5) is 45.5. The Morgan fingerprint density at radius 1 is 0.516 bits per heavy atom. The fourth-order valence-electron chi connectivity index (χ4n) is 2.53. The Balaban J connectivity index is 1.72. The van der Waals surface area contributed by atoms with Crippen LogP contribution in [0.15, 0.2) is 66.7 Å². The fourth-order valence-corrected chi connectivity index (χ4v) is 2.53. The summed E-state index contributed by atoms with van der Waals surface area (Å²) >= 11 is 0. The molecule has 0 atom stereocenters. The summed E-state index contributed by atoms with van der Waals surface area (Å²) < 4.78 is 10.7. The van der Waals surface area contributed by atoms with Gasteiger partial charge in [-0.25, -0.2) is 19.2 Å². The molecular weight excluding hydrogens is 408 g/mol. The number of carboxylic acids is 3. The van der Waals surface area contributed by atoms with Crippen LogP contribution in [-0.2, 0) is 0 Å². The minimum atomic E-state index is -1.36. The molecule has 0 aliphatic heterocycles. The first-order valence-corrected chi connectivity index (χ1v) is 8.68. The van der Waals surface area contributed by atoms with Crippen LogP contribution >= 0.6 is 0 Å². The highest BCUT2D eigenvalue weighted by Crippen LogP contribution is 2.23. The number of hydrogen-bond donors (Lipinski definition) is 3. The molecule has 3 N–H and O–H groups in total. The summed E-state index contributed by atoms with van der Waals surface area (Å²) in [7, 11) is 0. The van der Waals surface area contributed by atoms with Gasteiger partial charge in [0.05, 0.1) is 22.3 Å². The Kier molecular flexibility index (Phi) is 5.97. The molecule has 3 rings (SSSR count). The van der Waals surface area contributed by atoms with Crippen molar-refractivity contribution in [3.05, 3.63) is 89.0 Å². The zero-order chi connectivity index (χ0) is 22.5. The smallest absolute Gasteiger partial charge is 0.343 e. The molecule has 0 fully saturated rings. The van der Waals surface area contributed by atoms with E-state index in [4.69, 9.17) is 24.8 Å². The van der Waals surface area contributed by atoms with Crippen LogP contribution in [0.5, 0.6) is 17.2 Å². The average molecular weight is 422 g/mol. The Morgan fingerprint density at radius 2 is 0.935 bits per heavy atom. The van der Waals surface area contributed by atoms with Crippen molar-refractivity contribution >= 4 is 23.9 Å². The molecule has 0 aromatic heterocycles. The van der Waals surface area contributed by atoms with Gasteiger partial charge in [0.15, 0.2) is 0 Å². The number of hydrogen-bond acceptors (Lipinski definition) is 6. The molecule has 0 radical (unpaired) electrons. The largest absolute Gasteiger partial charge is 0.478 e. The molecule has 0 aliphatic rings. The van der Waals surface area contributed by atoms with Crippen molar-refractivity contribution in [3.8, 4) is 17.2 Å². The van der Waals surface area contributed by atoms with Crippen molar-refractivity contribution in [3.63, 3.8) is 0 Å². The first kappa shape index (κ1) is 21.1. The number of carboxylic acid groups (broad SMARTS) is 3. The van der Waals surface area contributed by atoms with E-state index in [0.717, 1.165) is 18.2 Å². The zero-order valence-corrected chi connectivity index (χ0v) is 15.6. The summed E-state index contributed by atoms with van der Waals surface area (Å²) in [6.45, 7) is 0. The van der Waals surface area contributed by atoms with E-state index in [-0.39, 0.29) is 28.0 Å². The van der Waals surface area contributed by atoms with Crippen molar-refractivity contribution in [1.82, 2.24) is 0 Å². The molecule has 0 spiro atoms. The maximum absolute atomic E-state index is 12.3. The number of carbonyl (C=O) groups is 4. The van der Waals surface area contributed by atoms with Gasteiger partial charge in [0, 0.05) is 0 Å². The van der Waals surface area contributed by atoms with Gasteiger partial charge >= 0.3 is 23.9 Å². The summed E-state index contributed by atoms with van der Waals surface area (Å²) in [5.41, 5.74) is -0.435. The number of esters is 1. The van der Waals surface area contributed by atoms with Gasteiger partial charge in [-0.2, -0.15) is 0 Å². The quantitative estimate of drug-likeness (QED) is 0.382. The molecule has 31 heavy (non-hydrogen) atoms. The van der Waals surface area contributed by atoms with Gasteiger partial charge in [-0.3, -0.25) is 0 Å². The predicted octanol–water partition coefficient (Wildman–Crippen LogP) is 3.79. The Morgan fingerprint density at radius 3 is 1.35 bits per heavy atom. The van der Waals surface area contributed by atoms with E-state index in [2.05, 4.69) is 0 Å². The van der Waals surface area contributed by atoms with Crippen molar-refractivity contribution in [2.45, 2.75) is 0 Å². The molecule has 3 aromatic rings. The first-order chi connectivity index (χ1) is 14.7. The Bertz CT molecular complexity index is 1130. The normalized spacial score (nSPS) is 10.2. The zero-order valence-electron chi connectivity index (χ0n) is 15.6. The molecule has 3 aromatic carbocycles. The van der Waals surface area contributed by atoms with Gasteiger partial charge in [0.2, 0.25) is 0 Å². The second kappa shape index (κ2) is 8.78. The van der Waals surface area contributed by atoms with Crippen molar-refractivity contribution in [2.24, 2.45) is 0 Å². The summed E-state index contributed by atoms with van der Waals surface area (Å²) in [6.07, 6.45) is 0. The van der Waals surface area contributed by atoms with Crippen LogP contribution < -0.4 is 9.47 Å². The Labute approximate surface area is 174 Å². The monoisotopic (exact) mass is 422 g/mol. The third-order valence-corrected chi connectivity index (χ3v) is 4.04. The SMILES string of the molecule is O=C(O)c1ccc(Oc2ccc(C(=O)Oc3cc(C(=O)O)cc(C(=O)O)c3)cc2)cc1. The second-order valence-corrected chi connectivity index (χ2v) is 6.20. The second-order valence-electron chi connectivity index (χ2n) is 6.20. The molecule has 9 heteroatoms. The van der Waals surface area contributed by atoms with E-state index in [9.17, 15) is 19.2 Å². The maximum Gasteiger partial charge on any atom is 0.343 e. The summed E-state index contributed by atoms with van der Waals surface area (Å²) in [5.74, 6) is -4.06. The predicted molar refractivity (Wildman–Crippen MR) is 105 cm³/mol. The van der Waals surface area contributed by atoms with Gasteiger partial charge in [-0.1, -0.05) is 0 Å². The van der Waals surface area contributed by atoms with Crippen LogP contribution in [0.2, 0.25) is 0 Å². The lowest BCUT2D eigenvalue weighted by Crippen LogP contribution is -2.10. The first-order valence-electron chi connectivity index (χ1n) is 8.68. The lowest BCUT2D eigenvalue weighted by atomic mass is 10.1. The highest BCUT2D eigenvalue weighted by Gasteiger charge is 2.15. The number of benzene rings is 3. The standard InChI is InChI=1S/C22H14O9/c23-19(24)12-1-5-16(6-2-12)30-17-7-3-13(4-8-17)22(29)31-18-10-14(20(25)26)9-15(11-18)21(27)28/h1-11H,(H,23,24)(H,25,26)(H,27,28). The number of ether oxygens (including phenoxy) is 2. The van der Waals surface area contributed by atoms with E-state index < -0.39 is 23.9 Å². The molecular formula is C22H14O9. The molecule has 0 amide bonds. The molecule has 9 nitrogen and oxygen atoms in total. The molecule has 0 heterocycles. The molecule has 0 saturated carbocycles. The van der Waals surface area contributed by atoms with Gasteiger partial charge in [-0.15, -0.1) is 0 Å². The summed E-state index contributed by atoms with van der Waals surface area (Å²) in [5, 5.41) is 27.1. The minimum Gasteiger partial charge on any atom is -0.478 e. The third-order valence-electron chi connectivity index (χ3n) is 4.04. The highest BCUT2D eigenvalue weighted by atomic mass is 16.5. The maximum atomic E-state index is 12.3. The van der Waals surface area contributed by atoms with Crippen LogP contribution in [-0.4, -0.2) is 39.2 Å². The number of carbonyl (C=O) groups excluding carboxylic acids is 1.